The molecule has 0 aliphatic heterocycles. The number of amides is 2. The molecule has 0 unspecified atom stereocenters. The van der Waals surface area contributed by atoms with Crippen molar-refractivity contribution in [2.75, 3.05) is 29.0 Å². The molecule has 3 rings (SSSR count). The van der Waals surface area contributed by atoms with Gasteiger partial charge in [0.15, 0.2) is 0 Å². The molecule has 172 valence electrons. The van der Waals surface area contributed by atoms with Gasteiger partial charge in [-0.2, -0.15) is 0 Å². The lowest BCUT2D eigenvalue weighted by Gasteiger charge is -2.22. The van der Waals surface area contributed by atoms with Crippen molar-refractivity contribution in [3.05, 3.63) is 93.6 Å². The van der Waals surface area contributed by atoms with Crippen molar-refractivity contribution < 1.29 is 18.0 Å². The van der Waals surface area contributed by atoms with E-state index in [1.165, 1.54) is 0 Å². The second-order valence-corrected chi connectivity index (χ2v) is 10.5. The molecule has 0 bridgehead atoms. The molecule has 0 saturated heterocycles. The summed E-state index contributed by atoms with van der Waals surface area (Å²) in [5.74, 6) is -0.872. The first-order chi connectivity index (χ1) is 15.7. The molecule has 0 aromatic heterocycles. The van der Waals surface area contributed by atoms with Crippen LogP contribution in [0.3, 0.4) is 0 Å². The lowest BCUT2D eigenvalue weighted by Crippen LogP contribution is -2.37. The Morgan fingerprint density at radius 1 is 0.909 bits per heavy atom. The number of nitrogens with zero attached hydrogens (tertiary/aromatic N) is 1. The Bertz CT molecular complexity index is 1220. The van der Waals surface area contributed by atoms with Gasteiger partial charge in [-0.25, -0.2) is 8.42 Å². The van der Waals surface area contributed by atoms with Crippen LogP contribution in [0.5, 0.6) is 0 Å². The zero-order chi connectivity index (χ0) is 23.8. The quantitative estimate of drug-likeness (QED) is 0.380. The standard InChI is InChI=1S/C24H24IN3O4S/c1-33(31,32)28(20-13-11-19(25)12-14-20)17-23(29)27-22-10-6-5-9-21(22)24(30)26-16-15-18-7-3-2-4-8-18/h2-14H,15-17H2,1H3,(H,26,30)(H,27,29). The SMILES string of the molecule is CS(=O)(=O)N(CC(=O)Nc1ccccc1C(=O)NCCc1ccccc1)c1ccc(I)cc1. The highest BCUT2D eigenvalue weighted by molar-refractivity contribution is 14.1. The van der Waals surface area contributed by atoms with Crippen molar-refractivity contribution in [2.45, 2.75) is 6.42 Å². The summed E-state index contributed by atoms with van der Waals surface area (Å²) in [6.07, 6.45) is 1.73. The minimum atomic E-state index is -3.69. The summed E-state index contributed by atoms with van der Waals surface area (Å²) < 4.78 is 26.6. The molecule has 2 amide bonds. The lowest BCUT2D eigenvalue weighted by molar-refractivity contribution is -0.114. The molecular formula is C24H24IN3O4S. The third-order valence-electron chi connectivity index (χ3n) is 4.79. The highest BCUT2D eigenvalue weighted by Crippen LogP contribution is 2.20. The molecule has 3 aromatic carbocycles. The Balaban J connectivity index is 1.68. The van der Waals surface area contributed by atoms with E-state index < -0.39 is 22.5 Å². The lowest BCUT2D eigenvalue weighted by atomic mass is 10.1. The summed E-state index contributed by atoms with van der Waals surface area (Å²) in [7, 11) is -3.69. The van der Waals surface area contributed by atoms with Gasteiger partial charge in [0.25, 0.3) is 5.91 Å². The number of rotatable bonds is 9. The number of nitrogens with one attached hydrogen (secondary N) is 2. The average Bonchev–Trinajstić information content (AvgIpc) is 2.78. The van der Waals surface area contributed by atoms with E-state index in [1.807, 2.05) is 30.3 Å². The molecule has 0 aliphatic rings. The predicted molar refractivity (Wildman–Crippen MR) is 139 cm³/mol. The van der Waals surface area contributed by atoms with Crippen LogP contribution in [-0.4, -0.2) is 39.6 Å². The highest BCUT2D eigenvalue weighted by atomic mass is 127. The van der Waals surface area contributed by atoms with Gasteiger partial charge in [-0.05, 0) is 71.0 Å². The van der Waals surface area contributed by atoms with Crippen LogP contribution in [0, 0.1) is 3.57 Å². The number of hydrogen-bond acceptors (Lipinski definition) is 4. The first kappa shape index (κ1) is 24.7. The molecule has 0 radical (unpaired) electrons. The number of hydrogen-bond donors (Lipinski definition) is 2. The van der Waals surface area contributed by atoms with E-state index >= 15 is 0 Å². The van der Waals surface area contributed by atoms with Gasteiger partial charge in [-0.15, -0.1) is 0 Å². The second kappa shape index (κ2) is 11.3. The Labute approximate surface area is 207 Å². The summed E-state index contributed by atoms with van der Waals surface area (Å²) in [6.45, 7) is 0.0309. The topological polar surface area (TPSA) is 95.6 Å². The minimum Gasteiger partial charge on any atom is -0.352 e. The van der Waals surface area contributed by atoms with Crippen LogP contribution in [0.1, 0.15) is 15.9 Å². The van der Waals surface area contributed by atoms with Crippen molar-refractivity contribution in [3.8, 4) is 0 Å². The minimum absolute atomic E-state index is 0.305. The largest absolute Gasteiger partial charge is 0.352 e. The van der Waals surface area contributed by atoms with Crippen LogP contribution in [-0.2, 0) is 21.2 Å². The van der Waals surface area contributed by atoms with Crippen LogP contribution in [0.25, 0.3) is 0 Å². The smallest absolute Gasteiger partial charge is 0.253 e. The maximum absolute atomic E-state index is 12.7. The third kappa shape index (κ3) is 7.29. The highest BCUT2D eigenvalue weighted by Gasteiger charge is 2.22. The molecule has 0 spiro atoms. The van der Waals surface area contributed by atoms with Gasteiger partial charge >= 0.3 is 0 Å². The van der Waals surface area contributed by atoms with Crippen molar-refractivity contribution in [1.29, 1.82) is 0 Å². The number of benzene rings is 3. The Hall–Kier alpha value is -2.92. The number of para-hydroxylation sites is 1. The zero-order valence-electron chi connectivity index (χ0n) is 18.0. The monoisotopic (exact) mass is 577 g/mol. The van der Waals surface area contributed by atoms with Crippen molar-refractivity contribution in [1.82, 2.24) is 5.32 Å². The van der Waals surface area contributed by atoms with E-state index in [4.69, 9.17) is 0 Å². The molecule has 3 aromatic rings. The summed E-state index contributed by atoms with van der Waals surface area (Å²) in [5.41, 5.74) is 2.12. The van der Waals surface area contributed by atoms with Crippen LogP contribution >= 0.6 is 22.6 Å². The normalized spacial score (nSPS) is 11.0. The fourth-order valence-electron chi connectivity index (χ4n) is 3.18. The van der Waals surface area contributed by atoms with Crippen LogP contribution < -0.4 is 14.9 Å². The second-order valence-electron chi connectivity index (χ2n) is 7.33. The zero-order valence-corrected chi connectivity index (χ0v) is 21.0. The molecule has 9 heteroatoms. The Morgan fingerprint density at radius 2 is 1.55 bits per heavy atom. The van der Waals surface area contributed by atoms with Gasteiger partial charge in [-0.3, -0.25) is 13.9 Å². The molecule has 0 atom stereocenters. The van der Waals surface area contributed by atoms with E-state index in [9.17, 15) is 18.0 Å². The molecule has 33 heavy (non-hydrogen) atoms. The molecule has 0 heterocycles. The van der Waals surface area contributed by atoms with Crippen LogP contribution in [0.15, 0.2) is 78.9 Å². The van der Waals surface area contributed by atoms with Crippen LogP contribution in [0.4, 0.5) is 11.4 Å². The predicted octanol–water partition coefficient (Wildman–Crippen LogP) is 3.67. The van der Waals surface area contributed by atoms with Crippen molar-refractivity contribution in [3.63, 3.8) is 0 Å². The molecule has 2 N–H and O–H groups in total. The summed E-state index contributed by atoms with van der Waals surface area (Å²) in [6, 6.07) is 23.2. The Kier molecular flexibility index (Phi) is 8.45. The van der Waals surface area contributed by atoms with Gasteiger partial charge in [-0.1, -0.05) is 42.5 Å². The molecule has 0 fully saturated rings. The molecule has 0 saturated carbocycles. The molecule has 0 aliphatic carbocycles. The number of carbonyl (C=O) groups excluding carboxylic acids is 2. The maximum atomic E-state index is 12.7. The van der Waals surface area contributed by atoms with Gasteiger partial charge < -0.3 is 10.6 Å². The fourth-order valence-corrected chi connectivity index (χ4v) is 4.39. The molecule has 7 nitrogen and oxygen atoms in total. The Morgan fingerprint density at radius 3 is 2.21 bits per heavy atom. The van der Waals surface area contributed by atoms with E-state index in [1.54, 1.807) is 48.5 Å². The number of anilines is 2. The van der Waals surface area contributed by atoms with Crippen LogP contribution in [0.2, 0.25) is 0 Å². The van der Waals surface area contributed by atoms with Gasteiger partial charge in [0.1, 0.15) is 6.54 Å². The number of halogens is 1. The molecular weight excluding hydrogens is 553 g/mol. The number of carbonyl (C=O) groups is 2. The third-order valence-corrected chi connectivity index (χ3v) is 6.65. The average molecular weight is 577 g/mol. The van der Waals surface area contributed by atoms with Gasteiger partial charge in [0, 0.05) is 10.1 Å². The summed E-state index contributed by atoms with van der Waals surface area (Å²) >= 11 is 2.12. The van der Waals surface area contributed by atoms with Crippen molar-refractivity contribution in [2.24, 2.45) is 0 Å². The van der Waals surface area contributed by atoms with Gasteiger partial charge in [0.05, 0.1) is 23.2 Å². The van der Waals surface area contributed by atoms with E-state index in [0.29, 0.717) is 29.9 Å². The fraction of sp³-hybridized carbons (Fsp3) is 0.167. The number of sulfonamides is 1. The summed E-state index contributed by atoms with van der Waals surface area (Å²) in [5, 5.41) is 5.54. The van der Waals surface area contributed by atoms with E-state index in [2.05, 4.69) is 33.2 Å². The first-order valence-electron chi connectivity index (χ1n) is 10.2. The van der Waals surface area contributed by atoms with Crippen molar-refractivity contribution >= 4 is 55.8 Å². The van der Waals surface area contributed by atoms with E-state index in [-0.39, 0.29) is 5.91 Å². The maximum Gasteiger partial charge on any atom is 0.253 e. The van der Waals surface area contributed by atoms with Gasteiger partial charge in [0.2, 0.25) is 15.9 Å². The van der Waals surface area contributed by atoms with E-state index in [0.717, 1.165) is 19.7 Å². The first-order valence-corrected chi connectivity index (χ1v) is 13.1. The summed E-state index contributed by atoms with van der Waals surface area (Å²) in [4.78, 5) is 25.4.